The van der Waals surface area contributed by atoms with Gasteiger partial charge in [-0.3, -0.25) is 0 Å². The Morgan fingerprint density at radius 3 is 1.80 bits per heavy atom. The Morgan fingerprint density at radius 1 is 0.714 bits per heavy atom. The maximum atomic E-state index is 15.1. The van der Waals surface area contributed by atoms with Gasteiger partial charge in [0.2, 0.25) is 5.82 Å². The highest BCUT2D eigenvalue weighted by Gasteiger charge is 2.36. The second kappa shape index (κ2) is 11.5. The maximum absolute atomic E-state index is 15.1. The van der Waals surface area contributed by atoms with Gasteiger partial charge in [-0.25, -0.2) is 4.39 Å². The zero-order chi connectivity index (χ0) is 24.4. The van der Waals surface area contributed by atoms with Crippen molar-refractivity contribution < 1.29 is 13.5 Å². The molecule has 3 fully saturated rings. The monoisotopic (exact) mass is 486 g/mol. The van der Waals surface area contributed by atoms with Gasteiger partial charge in [0.05, 0.1) is 6.10 Å². The van der Waals surface area contributed by atoms with Gasteiger partial charge in [-0.05, 0) is 136 Å². The van der Waals surface area contributed by atoms with Gasteiger partial charge in [-0.2, -0.15) is 4.39 Å². The van der Waals surface area contributed by atoms with Crippen molar-refractivity contribution in [3.63, 3.8) is 0 Å². The van der Waals surface area contributed by atoms with Crippen LogP contribution in [0, 0.1) is 41.2 Å². The smallest absolute Gasteiger partial charge is 0.201 e. The predicted molar refractivity (Wildman–Crippen MR) is 140 cm³/mol. The molecular weight excluding hydrogens is 438 g/mol. The molecule has 0 bridgehead atoms. The van der Waals surface area contributed by atoms with E-state index in [4.69, 9.17) is 4.74 Å². The Hall–Kier alpha value is -1.12. The van der Waals surface area contributed by atoms with Crippen LogP contribution in [0.1, 0.15) is 134 Å². The predicted octanol–water partition coefficient (Wildman–Crippen LogP) is 9.76. The molecule has 1 aromatic rings. The molecule has 35 heavy (non-hydrogen) atoms. The lowest BCUT2D eigenvalue weighted by molar-refractivity contribution is 0.108. The van der Waals surface area contributed by atoms with E-state index in [9.17, 15) is 4.39 Å². The fraction of sp³-hybridized carbons (Fsp3) is 0.812. The van der Waals surface area contributed by atoms with Gasteiger partial charge in [0.1, 0.15) is 0 Å². The van der Waals surface area contributed by atoms with Crippen molar-refractivity contribution in [2.75, 3.05) is 0 Å². The number of rotatable bonds is 6. The minimum Gasteiger partial charge on any atom is -0.487 e. The Morgan fingerprint density at radius 2 is 1.26 bits per heavy atom. The van der Waals surface area contributed by atoms with Crippen molar-refractivity contribution in [3.05, 3.63) is 28.8 Å². The van der Waals surface area contributed by atoms with E-state index in [1.54, 1.807) is 0 Å². The van der Waals surface area contributed by atoms with Crippen LogP contribution in [-0.2, 0) is 6.42 Å². The normalized spacial score (nSPS) is 35.8. The van der Waals surface area contributed by atoms with Crippen LogP contribution in [0.15, 0.2) is 6.07 Å². The van der Waals surface area contributed by atoms with Crippen LogP contribution in [0.5, 0.6) is 5.75 Å². The van der Waals surface area contributed by atoms with Crippen molar-refractivity contribution in [1.29, 1.82) is 0 Å². The summed E-state index contributed by atoms with van der Waals surface area (Å²) < 4.78 is 35.8. The topological polar surface area (TPSA) is 9.23 Å². The lowest BCUT2D eigenvalue weighted by atomic mass is 9.64. The average Bonchev–Trinajstić information content (AvgIpc) is 2.91. The number of halogens is 2. The summed E-state index contributed by atoms with van der Waals surface area (Å²) in [6, 6.07) is 1.95. The minimum absolute atomic E-state index is 0.0175. The van der Waals surface area contributed by atoms with E-state index >= 15 is 4.39 Å². The van der Waals surface area contributed by atoms with Crippen LogP contribution < -0.4 is 4.74 Å². The molecule has 3 saturated carbocycles. The van der Waals surface area contributed by atoms with Gasteiger partial charge in [0, 0.05) is 0 Å². The van der Waals surface area contributed by atoms with Gasteiger partial charge in [0.15, 0.2) is 11.6 Å². The van der Waals surface area contributed by atoms with Crippen molar-refractivity contribution in [1.82, 2.24) is 0 Å². The largest absolute Gasteiger partial charge is 0.487 e. The molecule has 1 heterocycles. The van der Waals surface area contributed by atoms with E-state index < -0.39 is 11.6 Å². The lowest BCUT2D eigenvalue weighted by Crippen LogP contribution is -2.29. The molecule has 1 unspecified atom stereocenters. The highest BCUT2D eigenvalue weighted by molar-refractivity contribution is 5.42. The number of hydrogen-bond donors (Lipinski definition) is 0. The zero-order valence-corrected chi connectivity index (χ0v) is 22.3. The van der Waals surface area contributed by atoms with Crippen LogP contribution in [0.4, 0.5) is 8.78 Å². The number of ether oxygens (including phenoxy) is 1. The molecule has 196 valence electrons. The fourth-order valence-corrected chi connectivity index (χ4v) is 8.47. The first kappa shape index (κ1) is 25.5. The summed E-state index contributed by atoms with van der Waals surface area (Å²) in [5.41, 5.74) is 1.51. The van der Waals surface area contributed by atoms with Crippen LogP contribution in [-0.4, -0.2) is 6.10 Å². The summed E-state index contributed by atoms with van der Waals surface area (Å²) in [4.78, 5) is 0. The van der Waals surface area contributed by atoms with Gasteiger partial charge < -0.3 is 4.74 Å². The molecule has 0 aromatic heterocycles. The SMILES string of the molecule is CCCC1CCC(C2CCC(C3CCC(c4cc5c(c(F)c4F)OC(CC)CC5)CC3)CC2)CC1. The van der Waals surface area contributed by atoms with E-state index in [0.29, 0.717) is 5.56 Å². The van der Waals surface area contributed by atoms with E-state index in [0.717, 1.165) is 67.3 Å². The van der Waals surface area contributed by atoms with Crippen LogP contribution in [0.2, 0.25) is 0 Å². The highest BCUT2D eigenvalue weighted by atomic mass is 19.2. The van der Waals surface area contributed by atoms with Gasteiger partial charge in [-0.15, -0.1) is 0 Å². The molecular formula is C32H48F2O. The molecule has 0 amide bonds. The molecule has 1 aromatic carbocycles. The Bertz CT molecular complexity index is 826. The molecule has 0 spiro atoms. The summed E-state index contributed by atoms with van der Waals surface area (Å²) in [6.07, 6.45) is 21.4. The highest BCUT2D eigenvalue weighted by Crippen LogP contribution is 2.48. The van der Waals surface area contributed by atoms with Crippen molar-refractivity contribution in [3.8, 4) is 5.75 Å². The second-order valence-electron chi connectivity index (χ2n) is 12.6. The molecule has 1 atom stereocenters. The number of fused-ring (bicyclic) bond motifs is 1. The molecule has 1 aliphatic heterocycles. The van der Waals surface area contributed by atoms with Crippen LogP contribution in [0.25, 0.3) is 0 Å². The van der Waals surface area contributed by atoms with Gasteiger partial charge in [0.25, 0.3) is 0 Å². The Kier molecular flexibility index (Phi) is 8.40. The summed E-state index contributed by atoms with van der Waals surface area (Å²) in [5.74, 6) is 3.64. The summed E-state index contributed by atoms with van der Waals surface area (Å²) in [5, 5.41) is 0. The number of hydrogen-bond acceptors (Lipinski definition) is 1. The molecule has 3 heteroatoms. The fourth-order valence-electron chi connectivity index (χ4n) is 8.47. The molecule has 0 saturated heterocycles. The van der Waals surface area contributed by atoms with Gasteiger partial charge >= 0.3 is 0 Å². The molecule has 1 nitrogen and oxygen atoms in total. The van der Waals surface area contributed by atoms with Crippen molar-refractivity contribution in [2.45, 2.75) is 135 Å². The molecule has 3 aliphatic carbocycles. The Labute approximate surface area is 212 Å². The van der Waals surface area contributed by atoms with E-state index in [1.165, 1.54) is 77.0 Å². The minimum atomic E-state index is -0.736. The van der Waals surface area contributed by atoms with E-state index in [1.807, 2.05) is 13.0 Å². The summed E-state index contributed by atoms with van der Waals surface area (Å²) in [7, 11) is 0. The van der Waals surface area contributed by atoms with Crippen LogP contribution >= 0.6 is 0 Å². The third-order valence-electron chi connectivity index (χ3n) is 10.7. The van der Waals surface area contributed by atoms with E-state index in [2.05, 4.69) is 6.92 Å². The van der Waals surface area contributed by atoms with Gasteiger partial charge in [-0.1, -0.05) is 39.5 Å². The summed E-state index contributed by atoms with van der Waals surface area (Å²) in [6.45, 7) is 4.38. The first-order valence-electron chi connectivity index (χ1n) is 15.2. The average molecular weight is 487 g/mol. The third kappa shape index (κ3) is 5.59. The van der Waals surface area contributed by atoms with Crippen LogP contribution in [0.3, 0.4) is 0 Å². The standard InChI is InChI=1S/C32H48F2O/c1-3-5-21-6-8-22(9-7-21)23-10-12-24(13-11-23)25-14-16-26(17-15-25)29-20-27-18-19-28(4-2)35-32(27)31(34)30(29)33/h20-26,28H,3-19H2,1-2H3. The third-order valence-corrected chi connectivity index (χ3v) is 10.7. The summed E-state index contributed by atoms with van der Waals surface area (Å²) >= 11 is 0. The second-order valence-corrected chi connectivity index (χ2v) is 12.6. The van der Waals surface area contributed by atoms with Crippen molar-refractivity contribution >= 4 is 0 Å². The number of aryl methyl sites for hydroxylation is 1. The first-order valence-corrected chi connectivity index (χ1v) is 15.2. The quantitative estimate of drug-likeness (QED) is 0.389. The van der Waals surface area contributed by atoms with E-state index in [-0.39, 0.29) is 17.8 Å². The molecule has 5 rings (SSSR count). The first-order chi connectivity index (χ1) is 17.1. The number of benzene rings is 1. The lowest BCUT2D eigenvalue weighted by Gasteiger charge is -2.41. The molecule has 4 aliphatic rings. The van der Waals surface area contributed by atoms with Crippen molar-refractivity contribution in [2.24, 2.45) is 29.6 Å². The zero-order valence-electron chi connectivity index (χ0n) is 22.3. The molecule has 0 N–H and O–H groups in total. The maximum Gasteiger partial charge on any atom is 0.201 e. The Balaban J connectivity index is 1.12. The molecule has 0 radical (unpaired) electrons.